The van der Waals surface area contributed by atoms with Crippen LogP contribution in [0.3, 0.4) is 0 Å². The predicted octanol–water partition coefficient (Wildman–Crippen LogP) is 0.835. The number of nitrogens with one attached hydrogen (secondary N) is 1. The number of hydrogen-bond donors (Lipinski definition) is 1. The standard InChI is InChI=1S/C9H13N3O2S/c1-6(7-3-2-4-14-7)11-9(13)8-5-10-12-15-8/h5-7H,2-4H2,1H3,(H,11,13). The van der Waals surface area contributed by atoms with Gasteiger partial charge in [-0.15, -0.1) is 5.10 Å². The van der Waals surface area contributed by atoms with Crippen molar-refractivity contribution in [1.82, 2.24) is 14.9 Å². The molecule has 2 rings (SSSR count). The van der Waals surface area contributed by atoms with Crippen LogP contribution in [-0.4, -0.2) is 34.2 Å². The highest BCUT2D eigenvalue weighted by Gasteiger charge is 2.24. The first-order valence-electron chi connectivity index (χ1n) is 4.97. The van der Waals surface area contributed by atoms with Gasteiger partial charge in [-0.05, 0) is 31.3 Å². The highest BCUT2D eigenvalue weighted by molar-refractivity contribution is 7.07. The number of nitrogens with zero attached hydrogens (tertiary/aromatic N) is 2. The van der Waals surface area contributed by atoms with Crippen molar-refractivity contribution in [3.63, 3.8) is 0 Å². The SMILES string of the molecule is CC(NC(=O)c1cnns1)C1CCCO1. The molecule has 1 aromatic heterocycles. The molecule has 2 unspecified atom stereocenters. The summed E-state index contributed by atoms with van der Waals surface area (Å²) in [6.07, 6.45) is 3.72. The number of carbonyl (C=O) groups excluding carboxylic acids is 1. The first-order chi connectivity index (χ1) is 7.27. The Kier molecular flexibility index (Phi) is 3.27. The van der Waals surface area contributed by atoms with E-state index >= 15 is 0 Å². The molecule has 1 aromatic rings. The second-order valence-corrected chi connectivity index (χ2v) is 4.38. The largest absolute Gasteiger partial charge is 0.376 e. The Morgan fingerprint density at radius 2 is 2.67 bits per heavy atom. The lowest BCUT2D eigenvalue weighted by atomic mass is 10.1. The van der Waals surface area contributed by atoms with E-state index in [-0.39, 0.29) is 18.1 Å². The van der Waals surface area contributed by atoms with Gasteiger partial charge in [-0.3, -0.25) is 4.79 Å². The number of ether oxygens (including phenoxy) is 1. The highest BCUT2D eigenvalue weighted by atomic mass is 32.1. The van der Waals surface area contributed by atoms with Crippen molar-refractivity contribution >= 4 is 17.4 Å². The molecule has 2 atom stereocenters. The van der Waals surface area contributed by atoms with Crippen molar-refractivity contribution < 1.29 is 9.53 Å². The highest BCUT2D eigenvalue weighted by Crippen LogP contribution is 2.15. The maximum Gasteiger partial charge on any atom is 0.264 e. The fourth-order valence-electron chi connectivity index (χ4n) is 1.63. The van der Waals surface area contributed by atoms with E-state index in [0.29, 0.717) is 4.88 Å². The van der Waals surface area contributed by atoms with E-state index in [1.165, 1.54) is 6.20 Å². The zero-order chi connectivity index (χ0) is 10.7. The van der Waals surface area contributed by atoms with Gasteiger partial charge in [0.2, 0.25) is 0 Å². The Labute approximate surface area is 92.0 Å². The van der Waals surface area contributed by atoms with Crippen molar-refractivity contribution in [3.05, 3.63) is 11.1 Å². The van der Waals surface area contributed by atoms with Crippen molar-refractivity contribution in [2.24, 2.45) is 0 Å². The van der Waals surface area contributed by atoms with Gasteiger partial charge in [0.25, 0.3) is 5.91 Å². The number of hydrogen-bond acceptors (Lipinski definition) is 5. The van der Waals surface area contributed by atoms with E-state index in [4.69, 9.17) is 4.74 Å². The Bertz CT molecular complexity index is 322. The van der Waals surface area contributed by atoms with E-state index in [1.807, 2.05) is 6.92 Å². The average molecular weight is 227 g/mol. The molecule has 0 aromatic carbocycles. The zero-order valence-corrected chi connectivity index (χ0v) is 9.29. The summed E-state index contributed by atoms with van der Waals surface area (Å²) in [6.45, 7) is 2.76. The molecule has 15 heavy (non-hydrogen) atoms. The molecule has 6 heteroatoms. The molecule has 1 amide bonds. The van der Waals surface area contributed by atoms with Crippen LogP contribution in [0.25, 0.3) is 0 Å². The summed E-state index contributed by atoms with van der Waals surface area (Å²) >= 11 is 1.10. The van der Waals surface area contributed by atoms with Gasteiger partial charge >= 0.3 is 0 Å². The third kappa shape index (κ3) is 2.51. The molecule has 0 saturated carbocycles. The Hall–Kier alpha value is -1.01. The zero-order valence-electron chi connectivity index (χ0n) is 8.47. The van der Waals surface area contributed by atoms with E-state index in [2.05, 4.69) is 14.9 Å². The van der Waals surface area contributed by atoms with Crippen molar-refractivity contribution in [1.29, 1.82) is 0 Å². The summed E-state index contributed by atoms with van der Waals surface area (Å²) in [5, 5.41) is 6.52. The second-order valence-electron chi connectivity index (χ2n) is 3.60. The number of aromatic nitrogens is 2. The Balaban J connectivity index is 1.88. The van der Waals surface area contributed by atoms with Gasteiger partial charge in [0, 0.05) is 6.61 Å². The lowest BCUT2D eigenvalue weighted by molar-refractivity contribution is 0.0714. The van der Waals surface area contributed by atoms with Gasteiger partial charge in [0.15, 0.2) is 0 Å². The summed E-state index contributed by atoms with van der Waals surface area (Å²) in [6, 6.07) is 0.0436. The molecule has 0 bridgehead atoms. The van der Waals surface area contributed by atoms with Crippen LogP contribution < -0.4 is 5.32 Å². The lowest BCUT2D eigenvalue weighted by Crippen LogP contribution is -2.40. The number of amides is 1. The van der Waals surface area contributed by atoms with Crippen molar-refractivity contribution in [3.8, 4) is 0 Å². The van der Waals surface area contributed by atoms with E-state index in [9.17, 15) is 4.79 Å². The molecule has 1 aliphatic heterocycles. The topological polar surface area (TPSA) is 64.1 Å². The smallest absolute Gasteiger partial charge is 0.264 e. The van der Waals surface area contributed by atoms with Crippen LogP contribution in [0.4, 0.5) is 0 Å². The molecule has 0 aliphatic carbocycles. The molecular weight excluding hydrogens is 214 g/mol. The third-order valence-corrected chi connectivity index (χ3v) is 3.13. The second kappa shape index (κ2) is 4.67. The molecule has 1 aliphatic rings. The number of carbonyl (C=O) groups is 1. The Morgan fingerprint density at radius 3 is 3.27 bits per heavy atom. The van der Waals surface area contributed by atoms with Crippen LogP contribution in [0.5, 0.6) is 0 Å². The maximum absolute atomic E-state index is 11.6. The minimum atomic E-state index is -0.118. The minimum Gasteiger partial charge on any atom is -0.376 e. The normalized spacial score (nSPS) is 22.6. The average Bonchev–Trinajstić information content (AvgIpc) is 2.91. The maximum atomic E-state index is 11.6. The predicted molar refractivity (Wildman–Crippen MR) is 55.8 cm³/mol. The van der Waals surface area contributed by atoms with Crippen LogP contribution >= 0.6 is 11.5 Å². The van der Waals surface area contributed by atoms with Crippen molar-refractivity contribution in [2.75, 3.05) is 6.61 Å². The first kappa shape index (κ1) is 10.5. The van der Waals surface area contributed by atoms with Gasteiger partial charge in [0.1, 0.15) is 4.88 Å². The number of rotatable bonds is 3. The fourth-order valence-corrected chi connectivity index (χ4v) is 2.05. The van der Waals surface area contributed by atoms with E-state index < -0.39 is 0 Å². The summed E-state index contributed by atoms with van der Waals surface area (Å²) in [4.78, 5) is 12.2. The summed E-state index contributed by atoms with van der Waals surface area (Å²) in [5.74, 6) is -0.118. The molecule has 0 radical (unpaired) electrons. The van der Waals surface area contributed by atoms with Crippen LogP contribution in [0, 0.1) is 0 Å². The van der Waals surface area contributed by atoms with E-state index in [0.717, 1.165) is 31.0 Å². The molecule has 1 saturated heterocycles. The molecule has 5 nitrogen and oxygen atoms in total. The van der Waals surface area contributed by atoms with Gasteiger partial charge < -0.3 is 10.1 Å². The lowest BCUT2D eigenvalue weighted by Gasteiger charge is -2.19. The van der Waals surface area contributed by atoms with Crippen LogP contribution in [0.15, 0.2) is 6.20 Å². The first-order valence-corrected chi connectivity index (χ1v) is 5.74. The quantitative estimate of drug-likeness (QED) is 0.831. The molecular formula is C9H13N3O2S. The van der Waals surface area contributed by atoms with Crippen LogP contribution in [0.1, 0.15) is 29.4 Å². The Morgan fingerprint density at radius 1 is 1.80 bits per heavy atom. The van der Waals surface area contributed by atoms with E-state index in [1.54, 1.807) is 0 Å². The van der Waals surface area contributed by atoms with Gasteiger partial charge in [-0.1, -0.05) is 4.49 Å². The third-order valence-electron chi connectivity index (χ3n) is 2.47. The summed E-state index contributed by atoms with van der Waals surface area (Å²) in [5.41, 5.74) is 0. The van der Waals surface area contributed by atoms with Crippen molar-refractivity contribution in [2.45, 2.75) is 31.9 Å². The fraction of sp³-hybridized carbons (Fsp3) is 0.667. The molecule has 2 heterocycles. The van der Waals surface area contributed by atoms with Gasteiger partial charge in [0.05, 0.1) is 18.3 Å². The van der Waals surface area contributed by atoms with Crippen LogP contribution in [0.2, 0.25) is 0 Å². The molecule has 1 fully saturated rings. The van der Waals surface area contributed by atoms with Gasteiger partial charge in [-0.25, -0.2) is 0 Å². The summed E-state index contributed by atoms with van der Waals surface area (Å²) < 4.78 is 9.14. The monoisotopic (exact) mass is 227 g/mol. The van der Waals surface area contributed by atoms with Crippen LogP contribution in [-0.2, 0) is 4.74 Å². The molecule has 1 N–H and O–H groups in total. The molecule has 0 spiro atoms. The summed E-state index contributed by atoms with van der Waals surface area (Å²) in [7, 11) is 0. The minimum absolute atomic E-state index is 0.0436. The molecule has 82 valence electrons. The van der Waals surface area contributed by atoms with Gasteiger partial charge in [-0.2, -0.15) is 0 Å².